The van der Waals surface area contributed by atoms with Gasteiger partial charge in [-0.25, -0.2) is 9.18 Å². The Labute approximate surface area is 326 Å². The molecule has 1 aliphatic carbocycles. The van der Waals surface area contributed by atoms with Gasteiger partial charge in [0.25, 0.3) is 0 Å². The van der Waals surface area contributed by atoms with E-state index >= 15 is 4.39 Å². The minimum absolute atomic E-state index is 0.00722. The van der Waals surface area contributed by atoms with Crippen LogP contribution in [-0.2, 0) is 4.74 Å². The molecule has 4 aromatic rings. The van der Waals surface area contributed by atoms with Crippen molar-refractivity contribution in [1.82, 2.24) is 19.9 Å². The Bertz CT molecular complexity index is 2130. The van der Waals surface area contributed by atoms with E-state index in [0.717, 1.165) is 42.0 Å². The lowest BCUT2D eigenvalue weighted by molar-refractivity contribution is 0.0122. The quantitative estimate of drug-likeness (QED) is 0.133. The minimum Gasteiger partial charge on any atom is -0.463 e. The number of piperazine rings is 1. The summed E-state index contributed by atoms with van der Waals surface area (Å²) in [6, 6.07) is 11.9. The maximum atomic E-state index is 17.3. The number of hydrogen-bond donors (Lipinski definition) is 1. The zero-order chi connectivity index (χ0) is 39.4. The number of aromatic nitrogens is 3. The van der Waals surface area contributed by atoms with Gasteiger partial charge in [-0.2, -0.15) is 9.97 Å². The fourth-order valence-electron chi connectivity index (χ4n) is 9.20. The molecule has 2 atom stereocenters. The first-order chi connectivity index (χ1) is 26.1. The van der Waals surface area contributed by atoms with Gasteiger partial charge in [-0.1, -0.05) is 77.8 Å². The van der Waals surface area contributed by atoms with Gasteiger partial charge in [-0.3, -0.25) is 9.88 Å². The fraction of sp³-hybridized carbons (Fsp3) is 0.545. The zero-order valence-electron chi connectivity index (χ0n) is 33.9. The molecule has 0 radical (unpaired) electrons. The van der Waals surface area contributed by atoms with Gasteiger partial charge in [0, 0.05) is 41.2 Å². The summed E-state index contributed by atoms with van der Waals surface area (Å²) in [5, 5.41) is 12.3. The first-order valence-electron chi connectivity index (χ1n) is 20.0. The van der Waals surface area contributed by atoms with E-state index in [4.69, 9.17) is 19.4 Å². The zero-order valence-corrected chi connectivity index (χ0v) is 34.9. The lowest BCUT2D eigenvalue weighted by atomic mass is 9.96. The predicted octanol–water partition coefficient (Wildman–Crippen LogP) is 9.29. The van der Waals surface area contributed by atoms with E-state index in [-0.39, 0.29) is 54.0 Å². The molecule has 2 aromatic carbocycles. The van der Waals surface area contributed by atoms with Gasteiger partial charge in [0.05, 0.1) is 30.7 Å². The van der Waals surface area contributed by atoms with E-state index in [0.29, 0.717) is 46.5 Å². The first kappa shape index (κ1) is 39.0. The fourth-order valence-corrected chi connectivity index (χ4v) is 14.4. The topological polar surface area (TPSA) is 101 Å². The third-order valence-corrected chi connectivity index (χ3v) is 18.6. The summed E-state index contributed by atoms with van der Waals surface area (Å²) in [5.74, 6) is 3.60. The average molecular weight is 766 g/mol. The molecule has 3 aliphatic rings. The van der Waals surface area contributed by atoms with Gasteiger partial charge < -0.3 is 19.5 Å². The molecular weight excluding hydrogens is 710 g/mol. The van der Waals surface area contributed by atoms with Crippen LogP contribution in [0, 0.1) is 22.7 Å². The van der Waals surface area contributed by atoms with Crippen LogP contribution in [-0.4, -0.2) is 83.1 Å². The number of ether oxygens (including phenoxy) is 2. The number of hydrogen-bond acceptors (Lipinski definition) is 8. The Balaban J connectivity index is 1.33. The van der Waals surface area contributed by atoms with E-state index < -0.39 is 19.5 Å². The van der Waals surface area contributed by atoms with E-state index in [9.17, 15) is 9.90 Å². The van der Waals surface area contributed by atoms with Crippen molar-refractivity contribution in [1.29, 1.82) is 0 Å². The van der Waals surface area contributed by atoms with E-state index in [2.05, 4.69) is 62.9 Å². The molecule has 55 heavy (non-hydrogen) atoms. The minimum atomic E-state index is -2.05. The first-order valence-corrected chi connectivity index (χ1v) is 22.2. The van der Waals surface area contributed by atoms with E-state index in [1.807, 2.05) is 62.1 Å². The predicted molar refractivity (Wildman–Crippen MR) is 220 cm³/mol. The summed E-state index contributed by atoms with van der Waals surface area (Å²) in [7, 11) is -2.05. The summed E-state index contributed by atoms with van der Waals surface area (Å²) in [4.78, 5) is 31.6. The summed E-state index contributed by atoms with van der Waals surface area (Å²) in [6.07, 6.45) is 4.74. The van der Waals surface area contributed by atoms with Crippen LogP contribution in [0.5, 0.6) is 6.01 Å². The largest absolute Gasteiger partial charge is 0.463 e. The number of amides is 1. The second-order valence-electron chi connectivity index (χ2n) is 18.0. The number of aliphatic hydroxyl groups is 1. The van der Waals surface area contributed by atoms with Gasteiger partial charge in [-0.05, 0) is 74.5 Å². The van der Waals surface area contributed by atoms with Crippen LogP contribution >= 0.6 is 0 Å². The molecule has 1 saturated carbocycles. The molecule has 3 fully saturated rings. The summed E-state index contributed by atoms with van der Waals surface area (Å²) in [5.41, 5.74) is 6.18. The summed E-state index contributed by atoms with van der Waals surface area (Å²) < 4.78 is 29.3. The number of benzene rings is 2. The van der Waals surface area contributed by atoms with Crippen molar-refractivity contribution < 1.29 is 23.8 Å². The number of anilines is 1. The molecule has 2 aromatic heterocycles. The number of aliphatic hydroxyl groups excluding tert-OH is 1. The number of pyridine rings is 1. The number of carbonyl (C=O) groups excluding carboxylic acids is 1. The molecule has 11 heteroatoms. The highest BCUT2D eigenvalue weighted by Gasteiger charge is 2.46. The van der Waals surface area contributed by atoms with Crippen molar-refractivity contribution in [2.24, 2.45) is 5.41 Å². The SMILES string of the molecule is CC(C)[Si](C#Cc1cccc2cccc(-c3ncc4c(N5CC6CCC(C5)N6C(=O)OC(C)(C)C)nc(OCC5(CO)CC5)nc4c3F)c12)(C(C)C)C(C)C. The molecule has 1 N–H and O–H groups in total. The molecule has 1 amide bonds. The van der Waals surface area contributed by atoms with Crippen LogP contribution in [0.15, 0.2) is 42.6 Å². The number of carbonyl (C=O) groups is 1. The highest BCUT2D eigenvalue weighted by atomic mass is 28.3. The Morgan fingerprint density at radius 1 is 1.00 bits per heavy atom. The van der Waals surface area contributed by atoms with Crippen LogP contribution in [0.1, 0.15) is 93.6 Å². The second kappa shape index (κ2) is 14.7. The van der Waals surface area contributed by atoms with Gasteiger partial charge in [0.2, 0.25) is 0 Å². The molecule has 2 saturated heterocycles. The van der Waals surface area contributed by atoms with Crippen LogP contribution in [0.4, 0.5) is 15.0 Å². The van der Waals surface area contributed by atoms with Crippen LogP contribution < -0.4 is 9.64 Å². The smallest absolute Gasteiger partial charge is 0.410 e. The number of fused-ring (bicyclic) bond motifs is 4. The van der Waals surface area contributed by atoms with Crippen LogP contribution in [0.25, 0.3) is 32.9 Å². The molecule has 2 bridgehead atoms. The molecule has 2 unspecified atom stereocenters. The highest BCUT2D eigenvalue weighted by molar-refractivity contribution is 6.90. The van der Waals surface area contributed by atoms with Gasteiger partial charge in [-0.15, -0.1) is 5.54 Å². The maximum absolute atomic E-state index is 17.3. The molecule has 4 heterocycles. The van der Waals surface area contributed by atoms with E-state index in [1.165, 1.54) is 0 Å². The molecule has 7 rings (SSSR count). The molecule has 292 valence electrons. The van der Waals surface area contributed by atoms with Gasteiger partial charge in [0.15, 0.2) is 5.82 Å². The van der Waals surface area contributed by atoms with Crippen molar-refractivity contribution in [3.8, 4) is 28.7 Å². The average Bonchev–Trinajstić information content (AvgIpc) is 3.86. The number of nitrogens with zero attached hydrogens (tertiary/aromatic N) is 5. The maximum Gasteiger partial charge on any atom is 0.410 e. The molecule has 2 aliphatic heterocycles. The number of rotatable bonds is 9. The normalized spacial score (nSPS) is 19.4. The van der Waals surface area contributed by atoms with Crippen molar-refractivity contribution in [2.45, 2.75) is 122 Å². The van der Waals surface area contributed by atoms with Crippen molar-refractivity contribution in [3.05, 3.63) is 54.0 Å². The Morgan fingerprint density at radius 2 is 1.64 bits per heavy atom. The monoisotopic (exact) mass is 765 g/mol. The molecule has 0 spiro atoms. The third-order valence-electron chi connectivity index (χ3n) is 12.3. The van der Waals surface area contributed by atoms with E-state index in [1.54, 1.807) is 6.20 Å². The van der Waals surface area contributed by atoms with Crippen molar-refractivity contribution in [2.75, 3.05) is 31.2 Å². The molecular formula is C44H56FN5O4Si. The van der Waals surface area contributed by atoms with Crippen molar-refractivity contribution >= 4 is 41.7 Å². The standard InChI is InChI=1S/C44H56FN5O4Si/c1-27(2)55(28(3)4,29(5)6)21-18-31-13-10-12-30-14-11-15-34(36(30)31)38-37(45)39-35(22-46-38)40(48-41(47-39)53-26-44(25-51)19-20-44)49-23-32-16-17-33(24-49)50(32)42(52)54-43(7,8)9/h10-15,22,27-29,32-33,51H,16-17,19-20,23-26H2,1-9H3. The lowest BCUT2D eigenvalue weighted by Crippen LogP contribution is -2.57. The summed E-state index contributed by atoms with van der Waals surface area (Å²) in [6.45, 7) is 20.7. The molecule has 9 nitrogen and oxygen atoms in total. The second-order valence-corrected chi connectivity index (χ2v) is 23.6. The summed E-state index contributed by atoms with van der Waals surface area (Å²) >= 11 is 0. The van der Waals surface area contributed by atoms with Gasteiger partial charge >= 0.3 is 12.1 Å². The highest BCUT2D eigenvalue weighted by Crippen LogP contribution is 2.46. The van der Waals surface area contributed by atoms with Crippen LogP contribution in [0.3, 0.4) is 0 Å². The third kappa shape index (κ3) is 7.28. The van der Waals surface area contributed by atoms with Crippen LogP contribution in [0.2, 0.25) is 16.6 Å². The lowest BCUT2D eigenvalue weighted by Gasteiger charge is -2.42. The van der Waals surface area contributed by atoms with Gasteiger partial charge in [0.1, 0.15) is 30.7 Å². The van der Waals surface area contributed by atoms with Crippen molar-refractivity contribution in [3.63, 3.8) is 0 Å². The Morgan fingerprint density at radius 3 is 2.22 bits per heavy atom. The number of halogens is 1. The Hall–Kier alpha value is -4.27. The Kier molecular flexibility index (Phi) is 10.4.